The number of Topliss-reactive ketones (excluding diaryl/α,β-unsaturated/α-hetero) is 1. The Morgan fingerprint density at radius 3 is 2.21 bits per heavy atom. The number of ether oxygens (including phenoxy) is 1. The van der Waals surface area contributed by atoms with E-state index in [1.54, 1.807) is 0 Å². The van der Waals surface area contributed by atoms with Crippen LogP contribution in [0.5, 0.6) is 0 Å². The number of unbranched alkanes of at least 4 members (excludes halogenated alkanes) is 3. The molecule has 0 aliphatic carbocycles. The van der Waals surface area contributed by atoms with Crippen LogP contribution in [0.1, 0.15) is 52.9 Å². The standard InChI is InChI=1S/C11H20O3/c1-4-5-6-7-8-11(9(2)12)14-10(3)13/h11H,4-8H2,1-3H3/t11-/m1/s1. The van der Waals surface area contributed by atoms with Gasteiger partial charge >= 0.3 is 5.97 Å². The van der Waals surface area contributed by atoms with Gasteiger partial charge < -0.3 is 4.74 Å². The fourth-order valence-electron chi connectivity index (χ4n) is 1.30. The first-order valence-electron chi connectivity index (χ1n) is 5.25. The third kappa shape index (κ3) is 6.63. The molecule has 0 fully saturated rings. The SMILES string of the molecule is CCCCCC[C@@H](OC(C)=O)C(C)=O. The number of ketones is 1. The molecule has 0 aromatic heterocycles. The van der Waals surface area contributed by atoms with Crippen molar-refractivity contribution < 1.29 is 14.3 Å². The summed E-state index contributed by atoms with van der Waals surface area (Å²) in [7, 11) is 0. The summed E-state index contributed by atoms with van der Waals surface area (Å²) in [5.74, 6) is -0.433. The van der Waals surface area contributed by atoms with E-state index in [0.29, 0.717) is 6.42 Å². The van der Waals surface area contributed by atoms with Gasteiger partial charge in [-0.25, -0.2) is 0 Å². The molecule has 0 radical (unpaired) electrons. The summed E-state index contributed by atoms with van der Waals surface area (Å²) in [6.45, 7) is 4.93. The Bertz CT molecular complexity index is 187. The summed E-state index contributed by atoms with van der Waals surface area (Å²) < 4.78 is 4.90. The van der Waals surface area contributed by atoms with E-state index < -0.39 is 6.10 Å². The zero-order chi connectivity index (χ0) is 11.0. The van der Waals surface area contributed by atoms with Crippen LogP contribution in [0, 0.1) is 0 Å². The Morgan fingerprint density at radius 1 is 1.14 bits per heavy atom. The van der Waals surface area contributed by atoms with Crippen molar-refractivity contribution in [2.75, 3.05) is 0 Å². The van der Waals surface area contributed by atoms with Crippen LogP contribution < -0.4 is 0 Å². The molecule has 1 atom stereocenters. The minimum atomic E-state index is -0.524. The molecule has 0 saturated carbocycles. The number of carbonyl (C=O) groups excluding carboxylic acids is 2. The Morgan fingerprint density at radius 2 is 1.79 bits per heavy atom. The van der Waals surface area contributed by atoms with Gasteiger partial charge in [-0.1, -0.05) is 26.2 Å². The van der Waals surface area contributed by atoms with Crippen LogP contribution in [0.3, 0.4) is 0 Å². The summed E-state index contributed by atoms with van der Waals surface area (Å²) in [5.41, 5.74) is 0. The molecule has 0 aromatic carbocycles. The van der Waals surface area contributed by atoms with E-state index in [4.69, 9.17) is 4.74 Å². The van der Waals surface area contributed by atoms with E-state index in [0.717, 1.165) is 19.3 Å². The maximum atomic E-state index is 11.1. The largest absolute Gasteiger partial charge is 0.455 e. The van der Waals surface area contributed by atoms with Crippen molar-refractivity contribution >= 4 is 11.8 Å². The smallest absolute Gasteiger partial charge is 0.303 e. The van der Waals surface area contributed by atoms with Gasteiger partial charge in [-0.05, 0) is 19.8 Å². The average molecular weight is 200 g/mol. The summed E-state index contributed by atoms with van der Waals surface area (Å²) in [6.07, 6.45) is 4.52. The highest BCUT2D eigenvalue weighted by Gasteiger charge is 2.16. The minimum absolute atomic E-state index is 0.0586. The Kier molecular flexibility index (Phi) is 7.07. The lowest BCUT2D eigenvalue weighted by molar-refractivity contribution is -0.152. The van der Waals surface area contributed by atoms with Crippen LogP contribution in [0.25, 0.3) is 0 Å². The van der Waals surface area contributed by atoms with Crippen molar-refractivity contribution in [2.45, 2.75) is 59.0 Å². The molecular weight excluding hydrogens is 180 g/mol. The molecule has 0 amide bonds. The lowest BCUT2D eigenvalue weighted by Gasteiger charge is -2.13. The zero-order valence-electron chi connectivity index (χ0n) is 9.34. The van der Waals surface area contributed by atoms with Crippen LogP contribution in [0.15, 0.2) is 0 Å². The molecule has 0 saturated heterocycles. The van der Waals surface area contributed by atoms with E-state index in [2.05, 4.69) is 6.92 Å². The van der Waals surface area contributed by atoms with Gasteiger partial charge in [-0.2, -0.15) is 0 Å². The number of hydrogen-bond acceptors (Lipinski definition) is 3. The number of carbonyl (C=O) groups is 2. The lowest BCUT2D eigenvalue weighted by atomic mass is 10.1. The van der Waals surface area contributed by atoms with Gasteiger partial charge in [0.2, 0.25) is 0 Å². The fourth-order valence-corrected chi connectivity index (χ4v) is 1.30. The predicted octanol–water partition coefficient (Wildman–Crippen LogP) is 2.48. The highest BCUT2D eigenvalue weighted by molar-refractivity contribution is 5.82. The number of esters is 1. The monoisotopic (exact) mass is 200 g/mol. The van der Waals surface area contributed by atoms with Gasteiger partial charge in [0.05, 0.1) is 0 Å². The molecule has 0 bridgehead atoms. The number of hydrogen-bond donors (Lipinski definition) is 0. The van der Waals surface area contributed by atoms with E-state index in [9.17, 15) is 9.59 Å². The van der Waals surface area contributed by atoms with Gasteiger partial charge in [0, 0.05) is 6.92 Å². The van der Waals surface area contributed by atoms with Gasteiger partial charge in [-0.15, -0.1) is 0 Å². The molecule has 3 nitrogen and oxygen atoms in total. The second kappa shape index (κ2) is 7.54. The fraction of sp³-hybridized carbons (Fsp3) is 0.818. The van der Waals surface area contributed by atoms with Gasteiger partial charge in [-0.3, -0.25) is 9.59 Å². The molecule has 0 unspecified atom stereocenters. The van der Waals surface area contributed by atoms with Crippen LogP contribution in [-0.4, -0.2) is 17.9 Å². The number of rotatable bonds is 7. The maximum Gasteiger partial charge on any atom is 0.303 e. The molecule has 0 spiro atoms. The maximum absolute atomic E-state index is 11.1. The molecule has 3 heteroatoms. The molecular formula is C11H20O3. The first-order chi connectivity index (χ1) is 6.57. The van der Waals surface area contributed by atoms with Crippen molar-refractivity contribution in [3.8, 4) is 0 Å². The van der Waals surface area contributed by atoms with Crippen LogP contribution in [-0.2, 0) is 14.3 Å². The Labute approximate surface area is 85.8 Å². The molecule has 0 heterocycles. The van der Waals surface area contributed by atoms with Crippen molar-refractivity contribution in [3.63, 3.8) is 0 Å². The second-order valence-corrected chi connectivity index (χ2v) is 3.56. The van der Waals surface area contributed by atoms with Crippen molar-refractivity contribution in [2.24, 2.45) is 0 Å². The molecule has 0 N–H and O–H groups in total. The minimum Gasteiger partial charge on any atom is -0.455 e. The summed E-state index contributed by atoms with van der Waals surface area (Å²) in [5, 5.41) is 0. The van der Waals surface area contributed by atoms with Crippen LogP contribution in [0.4, 0.5) is 0 Å². The molecule has 14 heavy (non-hydrogen) atoms. The van der Waals surface area contributed by atoms with Crippen molar-refractivity contribution in [1.29, 1.82) is 0 Å². The van der Waals surface area contributed by atoms with E-state index >= 15 is 0 Å². The highest BCUT2D eigenvalue weighted by Crippen LogP contribution is 2.09. The molecule has 82 valence electrons. The van der Waals surface area contributed by atoms with Crippen molar-refractivity contribution in [1.82, 2.24) is 0 Å². The van der Waals surface area contributed by atoms with Crippen LogP contribution in [0.2, 0.25) is 0 Å². The summed E-state index contributed by atoms with van der Waals surface area (Å²) >= 11 is 0. The first kappa shape index (κ1) is 13.1. The predicted molar refractivity (Wildman–Crippen MR) is 55.0 cm³/mol. The Balaban J connectivity index is 3.74. The zero-order valence-corrected chi connectivity index (χ0v) is 9.34. The summed E-state index contributed by atoms with van der Waals surface area (Å²) in [4.78, 5) is 21.7. The molecule has 0 aromatic rings. The molecule has 0 aliphatic heterocycles. The summed E-state index contributed by atoms with van der Waals surface area (Å²) in [6, 6.07) is 0. The first-order valence-corrected chi connectivity index (χ1v) is 5.25. The highest BCUT2D eigenvalue weighted by atomic mass is 16.5. The van der Waals surface area contributed by atoms with E-state index in [1.165, 1.54) is 20.3 Å². The van der Waals surface area contributed by atoms with Crippen molar-refractivity contribution in [3.05, 3.63) is 0 Å². The third-order valence-electron chi connectivity index (χ3n) is 2.08. The molecule has 0 rings (SSSR count). The Hall–Kier alpha value is -0.860. The van der Waals surface area contributed by atoms with E-state index in [-0.39, 0.29) is 11.8 Å². The average Bonchev–Trinajstić information content (AvgIpc) is 2.09. The van der Waals surface area contributed by atoms with Gasteiger partial charge in [0.1, 0.15) is 0 Å². The van der Waals surface area contributed by atoms with Gasteiger partial charge in [0.25, 0.3) is 0 Å². The normalized spacial score (nSPS) is 12.2. The van der Waals surface area contributed by atoms with Crippen LogP contribution >= 0.6 is 0 Å². The third-order valence-corrected chi connectivity index (χ3v) is 2.08. The quantitative estimate of drug-likeness (QED) is 0.468. The lowest BCUT2D eigenvalue weighted by Crippen LogP contribution is -2.23. The van der Waals surface area contributed by atoms with Gasteiger partial charge in [0.15, 0.2) is 11.9 Å². The molecule has 0 aliphatic rings. The second-order valence-electron chi connectivity index (χ2n) is 3.56. The topological polar surface area (TPSA) is 43.4 Å². The van der Waals surface area contributed by atoms with E-state index in [1.807, 2.05) is 0 Å².